The minimum atomic E-state index is -0.428. The third-order valence-corrected chi connectivity index (χ3v) is 6.43. The molecule has 4 rings (SSSR count). The van der Waals surface area contributed by atoms with E-state index in [0.29, 0.717) is 23.0 Å². The molecule has 0 radical (unpaired) electrons. The van der Waals surface area contributed by atoms with Crippen LogP contribution in [0.5, 0.6) is 0 Å². The molecule has 2 fully saturated rings. The summed E-state index contributed by atoms with van der Waals surface area (Å²) in [5.74, 6) is -0.606. The van der Waals surface area contributed by atoms with E-state index in [9.17, 15) is 14.4 Å². The molecule has 2 aliphatic heterocycles. The van der Waals surface area contributed by atoms with E-state index in [0.717, 1.165) is 46.4 Å². The normalized spacial score (nSPS) is 18.3. The minimum absolute atomic E-state index is 0.177. The number of imide groups is 1. The lowest BCUT2D eigenvalue weighted by molar-refractivity contribution is -0.135. The number of nitrogens with zero attached hydrogens (tertiary/aromatic N) is 3. The van der Waals surface area contributed by atoms with E-state index in [2.05, 4.69) is 0 Å². The number of carbonyl (C=O) groups excluding carboxylic acids is 3. The van der Waals surface area contributed by atoms with Crippen LogP contribution < -0.4 is 0 Å². The van der Waals surface area contributed by atoms with Gasteiger partial charge in [0.15, 0.2) is 0 Å². The first-order valence-corrected chi connectivity index (χ1v) is 10.6. The number of aryl methyl sites for hydroxylation is 1. The second-order valence-electron chi connectivity index (χ2n) is 7.09. The minimum Gasteiger partial charge on any atom is -0.341 e. The Balaban J connectivity index is 1.56. The van der Waals surface area contributed by atoms with Crippen LogP contribution in [0.2, 0.25) is 5.02 Å². The van der Waals surface area contributed by atoms with E-state index in [4.69, 9.17) is 11.6 Å². The number of likely N-dealkylation sites (tertiary alicyclic amines) is 1. The number of hydrogen-bond donors (Lipinski definition) is 0. The number of hydrogen-bond acceptors (Lipinski definition) is 4. The molecule has 2 aromatic rings. The molecule has 2 saturated heterocycles. The van der Waals surface area contributed by atoms with Crippen molar-refractivity contribution < 1.29 is 14.4 Å². The number of carbonyl (C=O) groups is 3. The molecule has 0 atom stereocenters. The van der Waals surface area contributed by atoms with Crippen molar-refractivity contribution in [1.29, 1.82) is 0 Å². The Kier molecular flexibility index (Phi) is 5.52. The number of benzene rings is 1. The zero-order valence-electron chi connectivity index (χ0n) is 15.9. The Morgan fingerprint density at radius 2 is 1.97 bits per heavy atom. The van der Waals surface area contributed by atoms with Crippen LogP contribution in [-0.4, -0.2) is 51.1 Å². The first-order valence-electron chi connectivity index (χ1n) is 9.41. The highest BCUT2D eigenvalue weighted by atomic mass is 35.5. The van der Waals surface area contributed by atoms with Crippen molar-refractivity contribution in [2.24, 2.45) is 0 Å². The van der Waals surface area contributed by atoms with Gasteiger partial charge in [0.05, 0.1) is 4.91 Å². The molecule has 0 N–H and O–H groups in total. The molecule has 0 saturated carbocycles. The van der Waals surface area contributed by atoms with Crippen LogP contribution in [-0.2, 0) is 9.59 Å². The van der Waals surface area contributed by atoms with E-state index < -0.39 is 11.1 Å². The number of amides is 3. The molecular formula is C21H20ClN3O3S. The average Bonchev–Trinajstić information content (AvgIpc) is 3.43. The van der Waals surface area contributed by atoms with Crippen molar-refractivity contribution in [3.05, 3.63) is 57.7 Å². The van der Waals surface area contributed by atoms with E-state index >= 15 is 0 Å². The van der Waals surface area contributed by atoms with Crippen LogP contribution in [0.4, 0.5) is 4.79 Å². The van der Waals surface area contributed by atoms with Crippen molar-refractivity contribution in [1.82, 2.24) is 14.4 Å². The molecule has 0 bridgehead atoms. The summed E-state index contributed by atoms with van der Waals surface area (Å²) in [6.45, 7) is 3.12. The predicted molar refractivity (Wildman–Crippen MR) is 114 cm³/mol. The summed E-state index contributed by atoms with van der Waals surface area (Å²) in [4.78, 5) is 40.5. The first-order chi connectivity index (χ1) is 13.9. The summed E-state index contributed by atoms with van der Waals surface area (Å²) in [6.07, 6.45) is 5.48. The molecule has 0 unspecified atom stereocenters. The topological polar surface area (TPSA) is 62.6 Å². The number of thioether (sulfide) groups is 1. The van der Waals surface area contributed by atoms with Gasteiger partial charge in [-0.1, -0.05) is 17.7 Å². The van der Waals surface area contributed by atoms with E-state index in [1.54, 1.807) is 11.0 Å². The molecular weight excluding hydrogens is 410 g/mol. The van der Waals surface area contributed by atoms with Crippen molar-refractivity contribution >= 4 is 46.5 Å². The highest BCUT2D eigenvalue weighted by Crippen LogP contribution is 2.33. The SMILES string of the molecule is Cc1ccc(-n2cccc2/C=C2/SC(=O)N(CC(=O)N3CCCC3)C2=O)cc1Cl. The van der Waals surface area contributed by atoms with E-state index in [-0.39, 0.29) is 12.5 Å². The molecule has 3 heterocycles. The molecule has 1 aromatic heterocycles. The number of halogens is 1. The average molecular weight is 430 g/mol. The largest absolute Gasteiger partial charge is 0.341 e. The van der Waals surface area contributed by atoms with Gasteiger partial charge in [-0.15, -0.1) is 0 Å². The predicted octanol–water partition coefficient (Wildman–Crippen LogP) is 4.10. The second kappa shape index (κ2) is 8.08. The summed E-state index contributed by atoms with van der Waals surface area (Å²) in [5.41, 5.74) is 2.59. The van der Waals surface area contributed by atoms with Crippen molar-refractivity contribution in [2.75, 3.05) is 19.6 Å². The lowest BCUT2D eigenvalue weighted by Crippen LogP contribution is -2.40. The van der Waals surface area contributed by atoms with Crippen LogP contribution in [0.1, 0.15) is 24.1 Å². The Bertz CT molecular complexity index is 1020. The van der Waals surface area contributed by atoms with Gasteiger partial charge < -0.3 is 9.47 Å². The van der Waals surface area contributed by atoms with Gasteiger partial charge in [0.25, 0.3) is 11.1 Å². The molecule has 6 nitrogen and oxygen atoms in total. The maximum Gasteiger partial charge on any atom is 0.294 e. The van der Waals surface area contributed by atoms with Gasteiger partial charge in [0, 0.05) is 35.7 Å². The molecule has 2 aliphatic rings. The summed E-state index contributed by atoms with van der Waals surface area (Å²) in [6, 6.07) is 9.45. The van der Waals surface area contributed by atoms with E-state index in [1.165, 1.54) is 0 Å². The standard InChI is InChI=1S/C21H20ClN3O3S/c1-14-6-7-16(11-17(14)22)24-10-4-5-15(24)12-18-20(27)25(21(28)29-18)13-19(26)23-8-2-3-9-23/h4-7,10-12H,2-3,8-9,13H2,1H3/b18-12+. The molecule has 3 amide bonds. The Labute approximate surface area is 178 Å². The maximum atomic E-state index is 12.8. The van der Waals surface area contributed by atoms with Crippen LogP contribution in [0.3, 0.4) is 0 Å². The van der Waals surface area contributed by atoms with Crippen molar-refractivity contribution in [3.63, 3.8) is 0 Å². The van der Waals surface area contributed by atoms with Gasteiger partial charge >= 0.3 is 0 Å². The molecule has 0 aliphatic carbocycles. The molecule has 29 heavy (non-hydrogen) atoms. The fraction of sp³-hybridized carbons (Fsp3) is 0.286. The van der Waals surface area contributed by atoms with Gasteiger partial charge in [-0.3, -0.25) is 19.3 Å². The van der Waals surface area contributed by atoms with Crippen LogP contribution >= 0.6 is 23.4 Å². The van der Waals surface area contributed by atoms with Crippen LogP contribution in [0.25, 0.3) is 11.8 Å². The quantitative estimate of drug-likeness (QED) is 0.686. The molecule has 8 heteroatoms. The third kappa shape index (κ3) is 3.97. The van der Waals surface area contributed by atoms with Crippen molar-refractivity contribution in [2.45, 2.75) is 19.8 Å². The highest BCUT2D eigenvalue weighted by Gasteiger charge is 2.37. The maximum absolute atomic E-state index is 12.8. The van der Waals surface area contributed by atoms with Gasteiger partial charge in [0.1, 0.15) is 6.54 Å². The first kappa shape index (κ1) is 19.8. The Hall–Kier alpha value is -2.51. The fourth-order valence-electron chi connectivity index (χ4n) is 3.45. The summed E-state index contributed by atoms with van der Waals surface area (Å²) < 4.78 is 1.90. The molecule has 0 spiro atoms. The number of rotatable bonds is 4. The summed E-state index contributed by atoms with van der Waals surface area (Å²) in [7, 11) is 0. The monoisotopic (exact) mass is 429 g/mol. The lowest BCUT2D eigenvalue weighted by Gasteiger charge is -2.18. The van der Waals surface area contributed by atoms with Crippen LogP contribution in [0, 0.1) is 6.92 Å². The third-order valence-electron chi connectivity index (χ3n) is 5.12. The van der Waals surface area contributed by atoms with Gasteiger partial charge in [-0.25, -0.2) is 0 Å². The van der Waals surface area contributed by atoms with Gasteiger partial charge in [-0.2, -0.15) is 0 Å². The fourth-order valence-corrected chi connectivity index (χ4v) is 4.45. The van der Waals surface area contributed by atoms with Gasteiger partial charge in [-0.05, 0) is 67.4 Å². The zero-order chi connectivity index (χ0) is 20.5. The summed E-state index contributed by atoms with van der Waals surface area (Å²) >= 11 is 7.11. The Morgan fingerprint density at radius 3 is 2.69 bits per heavy atom. The Morgan fingerprint density at radius 1 is 1.21 bits per heavy atom. The second-order valence-corrected chi connectivity index (χ2v) is 8.49. The molecule has 150 valence electrons. The highest BCUT2D eigenvalue weighted by molar-refractivity contribution is 8.18. The van der Waals surface area contributed by atoms with Gasteiger partial charge in [0.2, 0.25) is 5.91 Å². The molecule has 1 aromatic carbocycles. The lowest BCUT2D eigenvalue weighted by atomic mass is 10.2. The zero-order valence-corrected chi connectivity index (χ0v) is 17.5. The number of aromatic nitrogens is 1. The van der Waals surface area contributed by atoms with E-state index in [1.807, 2.05) is 48.0 Å². The van der Waals surface area contributed by atoms with Crippen molar-refractivity contribution in [3.8, 4) is 5.69 Å². The summed E-state index contributed by atoms with van der Waals surface area (Å²) in [5, 5.41) is 0.244. The van der Waals surface area contributed by atoms with Crippen LogP contribution in [0.15, 0.2) is 41.4 Å². The smallest absolute Gasteiger partial charge is 0.294 e.